The van der Waals surface area contributed by atoms with Gasteiger partial charge in [0.05, 0.1) is 12.8 Å². The summed E-state index contributed by atoms with van der Waals surface area (Å²) < 4.78 is 32.3. The number of sulfonamides is 1. The Kier molecular flexibility index (Phi) is 5.98. The van der Waals surface area contributed by atoms with Crippen molar-refractivity contribution in [3.05, 3.63) is 41.3 Å². The summed E-state index contributed by atoms with van der Waals surface area (Å²) in [4.78, 5) is 13.5. The molecule has 1 amide bonds. The van der Waals surface area contributed by atoms with Crippen molar-refractivity contribution in [2.45, 2.75) is 18.1 Å². The number of amides is 1. The zero-order chi connectivity index (χ0) is 17.7. The Morgan fingerprint density at radius 1 is 1.33 bits per heavy atom. The molecule has 24 heavy (non-hydrogen) atoms. The van der Waals surface area contributed by atoms with Gasteiger partial charge < -0.3 is 9.64 Å². The van der Waals surface area contributed by atoms with Gasteiger partial charge in [0.25, 0.3) is 0 Å². The molecule has 0 unspecified atom stereocenters. The van der Waals surface area contributed by atoms with E-state index in [1.807, 2.05) is 19.1 Å². The van der Waals surface area contributed by atoms with Crippen LogP contribution in [0.25, 0.3) is 0 Å². The van der Waals surface area contributed by atoms with Crippen LogP contribution in [-0.2, 0) is 14.8 Å². The molecule has 2 aromatic rings. The summed E-state index contributed by atoms with van der Waals surface area (Å²) in [7, 11) is -2.01. The van der Waals surface area contributed by atoms with Crippen molar-refractivity contribution >= 4 is 33.0 Å². The van der Waals surface area contributed by atoms with Crippen molar-refractivity contribution in [3.8, 4) is 5.75 Å². The smallest absolute Gasteiger partial charge is 0.250 e. The van der Waals surface area contributed by atoms with Crippen LogP contribution in [0.3, 0.4) is 0 Å². The van der Waals surface area contributed by atoms with Gasteiger partial charge in [0.2, 0.25) is 15.9 Å². The van der Waals surface area contributed by atoms with Crippen LogP contribution < -0.4 is 14.4 Å². The molecule has 2 rings (SSSR count). The van der Waals surface area contributed by atoms with Crippen molar-refractivity contribution in [2.24, 2.45) is 0 Å². The van der Waals surface area contributed by atoms with Gasteiger partial charge in [-0.1, -0.05) is 12.1 Å². The molecule has 0 bridgehead atoms. The predicted molar refractivity (Wildman–Crippen MR) is 95.3 cm³/mol. The summed E-state index contributed by atoms with van der Waals surface area (Å²) in [6.07, 6.45) is 0. The number of carbonyl (C=O) groups excluding carboxylic acids is 1. The van der Waals surface area contributed by atoms with E-state index in [0.717, 1.165) is 16.9 Å². The highest BCUT2D eigenvalue weighted by atomic mass is 32.2. The molecule has 0 saturated carbocycles. The summed E-state index contributed by atoms with van der Waals surface area (Å²) in [5.74, 6) is 0.381. The molecular weight excluding hydrogens is 348 g/mol. The number of hydrogen-bond donors (Lipinski definition) is 1. The number of carbonyl (C=O) groups is 1. The fraction of sp³-hybridized carbons (Fsp3) is 0.312. The Morgan fingerprint density at radius 2 is 2.08 bits per heavy atom. The van der Waals surface area contributed by atoms with Crippen LogP contribution in [0.5, 0.6) is 5.75 Å². The Hall–Kier alpha value is -1.90. The first-order valence-corrected chi connectivity index (χ1v) is 9.67. The van der Waals surface area contributed by atoms with Gasteiger partial charge >= 0.3 is 0 Å². The lowest BCUT2D eigenvalue weighted by Gasteiger charge is -2.23. The maximum absolute atomic E-state index is 12.1. The van der Waals surface area contributed by atoms with Crippen molar-refractivity contribution in [3.63, 3.8) is 0 Å². The second-order valence-corrected chi connectivity index (χ2v) is 8.12. The van der Waals surface area contributed by atoms with Gasteiger partial charge in [-0.3, -0.25) is 4.79 Å². The van der Waals surface area contributed by atoms with Crippen molar-refractivity contribution < 1.29 is 17.9 Å². The first-order chi connectivity index (χ1) is 11.3. The van der Waals surface area contributed by atoms with Crippen molar-refractivity contribution in [1.29, 1.82) is 0 Å². The minimum atomic E-state index is -3.55. The standard InChI is InChI=1S/C16H20N2O4S2/c1-12-6-7-15(22-3)14(11-12)18(13(2)19)9-8-17-24(20,21)16-5-4-10-23-16/h4-7,10-11,17H,8-9H2,1-3H3. The maximum Gasteiger partial charge on any atom is 0.250 e. The third kappa shape index (κ3) is 4.34. The average Bonchev–Trinajstić information content (AvgIpc) is 3.06. The number of nitrogens with one attached hydrogen (secondary N) is 1. The van der Waals surface area contributed by atoms with E-state index in [2.05, 4.69) is 4.72 Å². The minimum Gasteiger partial charge on any atom is -0.495 e. The van der Waals surface area contributed by atoms with Gasteiger partial charge in [0.15, 0.2) is 0 Å². The lowest BCUT2D eigenvalue weighted by atomic mass is 10.2. The molecule has 0 radical (unpaired) electrons. The van der Waals surface area contributed by atoms with Gasteiger partial charge in [-0.15, -0.1) is 11.3 Å². The largest absolute Gasteiger partial charge is 0.495 e. The first kappa shape index (κ1) is 18.4. The number of thiophene rings is 1. The predicted octanol–water partition coefficient (Wildman–Crippen LogP) is 2.40. The van der Waals surface area contributed by atoms with Gasteiger partial charge in [0, 0.05) is 20.0 Å². The third-order valence-corrected chi connectivity index (χ3v) is 6.25. The monoisotopic (exact) mass is 368 g/mol. The van der Waals surface area contributed by atoms with Crippen LogP contribution in [0.4, 0.5) is 5.69 Å². The fourth-order valence-corrected chi connectivity index (χ4v) is 4.30. The lowest BCUT2D eigenvalue weighted by Crippen LogP contribution is -2.37. The number of aryl methyl sites for hydroxylation is 1. The zero-order valence-corrected chi connectivity index (χ0v) is 15.4. The molecule has 130 valence electrons. The number of methoxy groups -OCH3 is 1. The van der Waals surface area contributed by atoms with E-state index in [-0.39, 0.29) is 23.2 Å². The van der Waals surface area contributed by atoms with E-state index in [4.69, 9.17) is 4.74 Å². The SMILES string of the molecule is COc1ccc(C)cc1N(CCNS(=O)(=O)c1cccs1)C(C)=O. The highest BCUT2D eigenvalue weighted by molar-refractivity contribution is 7.91. The lowest BCUT2D eigenvalue weighted by molar-refractivity contribution is -0.116. The number of rotatable bonds is 7. The second kappa shape index (κ2) is 7.78. The molecule has 1 aromatic heterocycles. The molecular formula is C16H20N2O4S2. The average molecular weight is 368 g/mol. The van der Waals surface area contributed by atoms with Crippen molar-refractivity contribution in [2.75, 3.05) is 25.1 Å². The number of anilines is 1. The molecule has 0 aliphatic heterocycles. The van der Waals surface area contributed by atoms with Crippen LogP contribution in [0.2, 0.25) is 0 Å². The Bertz CT molecular complexity index is 801. The summed E-state index contributed by atoms with van der Waals surface area (Å²) in [5, 5.41) is 1.70. The van der Waals surface area contributed by atoms with E-state index in [9.17, 15) is 13.2 Å². The Morgan fingerprint density at radius 3 is 2.67 bits per heavy atom. The van der Waals surface area contributed by atoms with Crippen LogP contribution in [0.15, 0.2) is 39.9 Å². The Labute approximate surface area is 146 Å². The minimum absolute atomic E-state index is 0.108. The number of benzene rings is 1. The normalized spacial score (nSPS) is 11.3. The molecule has 8 heteroatoms. The molecule has 0 atom stereocenters. The molecule has 1 heterocycles. The van der Waals surface area contributed by atoms with Crippen LogP contribution in [-0.4, -0.2) is 34.5 Å². The summed E-state index contributed by atoms with van der Waals surface area (Å²) in [6.45, 7) is 3.67. The highest BCUT2D eigenvalue weighted by Gasteiger charge is 2.19. The van der Waals surface area contributed by atoms with Gasteiger partial charge in [-0.25, -0.2) is 13.1 Å². The fourth-order valence-electron chi connectivity index (χ4n) is 2.24. The second-order valence-electron chi connectivity index (χ2n) is 5.18. The molecule has 0 saturated heterocycles. The molecule has 1 aromatic carbocycles. The zero-order valence-electron chi connectivity index (χ0n) is 13.8. The molecule has 0 aliphatic carbocycles. The van der Waals surface area contributed by atoms with Gasteiger partial charge in [0.1, 0.15) is 9.96 Å². The summed E-state index contributed by atoms with van der Waals surface area (Å²) >= 11 is 1.15. The molecule has 6 nitrogen and oxygen atoms in total. The number of hydrogen-bond acceptors (Lipinski definition) is 5. The van der Waals surface area contributed by atoms with Gasteiger partial charge in [-0.2, -0.15) is 0 Å². The summed E-state index contributed by atoms with van der Waals surface area (Å²) in [5.41, 5.74) is 1.61. The molecule has 0 spiro atoms. The third-order valence-electron chi connectivity index (χ3n) is 3.39. The first-order valence-electron chi connectivity index (χ1n) is 7.31. The highest BCUT2D eigenvalue weighted by Crippen LogP contribution is 2.29. The van der Waals surface area contributed by atoms with E-state index in [1.54, 1.807) is 23.6 Å². The van der Waals surface area contributed by atoms with E-state index in [1.165, 1.54) is 18.9 Å². The van der Waals surface area contributed by atoms with Gasteiger partial charge in [-0.05, 0) is 36.1 Å². The summed E-state index contributed by atoms with van der Waals surface area (Å²) in [6, 6.07) is 8.74. The number of nitrogens with zero attached hydrogens (tertiary/aromatic N) is 1. The topological polar surface area (TPSA) is 75.7 Å². The van der Waals surface area contributed by atoms with Crippen LogP contribution >= 0.6 is 11.3 Å². The number of ether oxygens (including phenoxy) is 1. The molecule has 1 N–H and O–H groups in total. The quantitative estimate of drug-likeness (QED) is 0.814. The van der Waals surface area contributed by atoms with E-state index in [0.29, 0.717) is 11.4 Å². The molecule has 0 fully saturated rings. The van der Waals surface area contributed by atoms with E-state index < -0.39 is 10.0 Å². The van der Waals surface area contributed by atoms with Crippen molar-refractivity contribution in [1.82, 2.24) is 4.72 Å². The van der Waals surface area contributed by atoms with Crippen LogP contribution in [0.1, 0.15) is 12.5 Å². The van der Waals surface area contributed by atoms with E-state index >= 15 is 0 Å². The van der Waals surface area contributed by atoms with Crippen LogP contribution in [0, 0.1) is 6.92 Å². The Balaban J connectivity index is 2.13. The maximum atomic E-state index is 12.1. The molecule has 0 aliphatic rings.